The van der Waals surface area contributed by atoms with Crippen LogP contribution in [0.1, 0.15) is 49.1 Å². The lowest BCUT2D eigenvalue weighted by atomic mass is 9.47. The van der Waals surface area contributed by atoms with Crippen LogP contribution in [0.2, 0.25) is 0 Å². The first-order chi connectivity index (χ1) is 12.5. The van der Waals surface area contributed by atoms with Crippen molar-refractivity contribution in [2.75, 3.05) is 26.2 Å². The van der Waals surface area contributed by atoms with Crippen molar-refractivity contribution in [3.8, 4) is 0 Å². The van der Waals surface area contributed by atoms with E-state index >= 15 is 0 Å². The molecule has 1 aliphatic heterocycles. The molecule has 1 saturated heterocycles. The second kappa shape index (κ2) is 5.59. The van der Waals surface area contributed by atoms with Crippen molar-refractivity contribution in [3.63, 3.8) is 0 Å². The average molecular weight is 358 g/mol. The number of piperazine rings is 1. The Bertz CT molecular complexity index is 706. The fourth-order valence-corrected chi connectivity index (χ4v) is 6.47. The molecule has 6 heteroatoms. The Morgan fingerprint density at radius 1 is 1.04 bits per heavy atom. The minimum atomic E-state index is -0.614. The van der Waals surface area contributed by atoms with Crippen LogP contribution < -0.4 is 0 Å². The third-order valence-corrected chi connectivity index (χ3v) is 7.07. The van der Waals surface area contributed by atoms with Gasteiger partial charge in [-0.1, -0.05) is 0 Å². The number of carbonyl (C=O) groups is 2. The molecular formula is C20H26N2O4. The number of aliphatic hydroxyl groups is 1. The van der Waals surface area contributed by atoms with Crippen LogP contribution in [0.25, 0.3) is 0 Å². The van der Waals surface area contributed by atoms with Gasteiger partial charge >= 0.3 is 0 Å². The quantitative estimate of drug-likeness (QED) is 0.876. The molecule has 0 unspecified atom stereocenters. The number of furan rings is 1. The summed E-state index contributed by atoms with van der Waals surface area (Å²) < 4.78 is 5.20. The van der Waals surface area contributed by atoms with Crippen LogP contribution in [0.3, 0.4) is 0 Å². The van der Waals surface area contributed by atoms with Crippen molar-refractivity contribution in [1.29, 1.82) is 0 Å². The molecule has 0 radical (unpaired) electrons. The fraction of sp³-hybridized carbons (Fsp3) is 0.700. The number of nitrogens with zero attached hydrogens (tertiary/aromatic N) is 2. The van der Waals surface area contributed by atoms with Gasteiger partial charge in [0.1, 0.15) is 0 Å². The molecule has 2 amide bonds. The fourth-order valence-electron chi connectivity index (χ4n) is 6.47. The summed E-state index contributed by atoms with van der Waals surface area (Å²) in [6.45, 7) is 2.22. The average Bonchev–Trinajstić information content (AvgIpc) is 3.13. The van der Waals surface area contributed by atoms with E-state index in [0.717, 1.165) is 25.7 Å². The summed E-state index contributed by atoms with van der Waals surface area (Å²) in [6, 6.07) is 3.39. The van der Waals surface area contributed by atoms with Gasteiger partial charge in [-0.2, -0.15) is 0 Å². The zero-order valence-corrected chi connectivity index (χ0v) is 15.0. The van der Waals surface area contributed by atoms with Gasteiger partial charge in [0.15, 0.2) is 5.76 Å². The van der Waals surface area contributed by atoms with Gasteiger partial charge in [0.05, 0.1) is 17.3 Å². The van der Waals surface area contributed by atoms with E-state index in [2.05, 4.69) is 0 Å². The number of amides is 2. The molecule has 5 fully saturated rings. The van der Waals surface area contributed by atoms with Crippen LogP contribution in [-0.4, -0.2) is 58.5 Å². The van der Waals surface area contributed by atoms with E-state index in [0.29, 0.717) is 50.2 Å². The molecule has 4 saturated carbocycles. The molecule has 1 aromatic rings. The molecule has 5 aliphatic rings. The smallest absolute Gasteiger partial charge is 0.289 e. The first-order valence-corrected chi connectivity index (χ1v) is 9.81. The largest absolute Gasteiger partial charge is 0.459 e. The minimum absolute atomic E-state index is 0.105. The molecule has 6 nitrogen and oxygen atoms in total. The van der Waals surface area contributed by atoms with Gasteiger partial charge < -0.3 is 19.3 Å². The highest BCUT2D eigenvalue weighted by Crippen LogP contribution is 2.62. The predicted octanol–water partition coefficient (Wildman–Crippen LogP) is 1.90. The van der Waals surface area contributed by atoms with Gasteiger partial charge in [-0.15, -0.1) is 0 Å². The molecule has 4 bridgehead atoms. The van der Waals surface area contributed by atoms with E-state index in [9.17, 15) is 14.7 Å². The zero-order valence-electron chi connectivity index (χ0n) is 15.0. The van der Waals surface area contributed by atoms with E-state index in [-0.39, 0.29) is 17.2 Å². The van der Waals surface area contributed by atoms with Crippen LogP contribution in [0.4, 0.5) is 0 Å². The Balaban J connectivity index is 1.27. The van der Waals surface area contributed by atoms with Crippen LogP contribution in [0.5, 0.6) is 0 Å². The highest BCUT2D eigenvalue weighted by Gasteiger charge is 2.60. The van der Waals surface area contributed by atoms with Gasteiger partial charge in [-0.3, -0.25) is 9.59 Å². The summed E-state index contributed by atoms with van der Waals surface area (Å²) in [7, 11) is 0. The summed E-state index contributed by atoms with van der Waals surface area (Å²) >= 11 is 0. The van der Waals surface area contributed by atoms with Gasteiger partial charge in [0.25, 0.3) is 5.91 Å². The molecule has 1 N–H and O–H groups in total. The van der Waals surface area contributed by atoms with Gasteiger partial charge in [-0.25, -0.2) is 0 Å². The van der Waals surface area contributed by atoms with Crippen molar-refractivity contribution >= 4 is 11.8 Å². The predicted molar refractivity (Wildman–Crippen MR) is 93.3 cm³/mol. The Morgan fingerprint density at radius 2 is 1.69 bits per heavy atom. The normalized spacial score (nSPS) is 38.7. The molecule has 26 heavy (non-hydrogen) atoms. The standard InChI is InChI=1S/C20H26N2O4/c23-17(16-2-1-7-26-16)21-3-5-22(6-4-21)18(24)19-9-14-8-15(10-19)12-20(25,11-14)13-19/h1-2,7,14-15,25H,3-6,8-13H2/t14-,15-,19?,20?/m1/s1. The maximum atomic E-state index is 13.4. The Hall–Kier alpha value is -1.82. The minimum Gasteiger partial charge on any atom is -0.459 e. The maximum Gasteiger partial charge on any atom is 0.289 e. The maximum absolute atomic E-state index is 13.4. The summed E-state index contributed by atoms with van der Waals surface area (Å²) in [6.07, 6.45) is 6.96. The molecular weight excluding hydrogens is 332 g/mol. The van der Waals surface area contributed by atoms with Gasteiger partial charge in [-0.05, 0) is 62.5 Å². The monoisotopic (exact) mass is 358 g/mol. The van der Waals surface area contributed by atoms with Crippen molar-refractivity contribution in [2.24, 2.45) is 17.3 Å². The molecule has 4 aliphatic carbocycles. The van der Waals surface area contributed by atoms with Crippen molar-refractivity contribution in [3.05, 3.63) is 24.2 Å². The number of rotatable bonds is 2. The molecule has 140 valence electrons. The summed E-state index contributed by atoms with van der Waals surface area (Å²) in [4.78, 5) is 29.5. The number of carbonyl (C=O) groups excluding carboxylic acids is 2. The van der Waals surface area contributed by atoms with Crippen LogP contribution in [0, 0.1) is 17.3 Å². The Morgan fingerprint density at radius 3 is 2.27 bits per heavy atom. The lowest BCUT2D eigenvalue weighted by Gasteiger charge is -2.60. The second-order valence-electron chi connectivity index (χ2n) is 9.03. The summed E-state index contributed by atoms with van der Waals surface area (Å²) in [5, 5.41) is 10.9. The van der Waals surface area contributed by atoms with Crippen LogP contribution >= 0.6 is 0 Å². The molecule has 0 aromatic carbocycles. The molecule has 0 spiro atoms. The van der Waals surface area contributed by atoms with Crippen LogP contribution in [-0.2, 0) is 4.79 Å². The third kappa shape index (κ3) is 2.49. The lowest BCUT2D eigenvalue weighted by Crippen LogP contribution is -2.62. The van der Waals surface area contributed by atoms with E-state index in [1.165, 1.54) is 12.7 Å². The first-order valence-electron chi connectivity index (χ1n) is 9.81. The number of hydrogen-bond donors (Lipinski definition) is 1. The SMILES string of the molecule is O=C(c1ccco1)N1CCN(C(=O)C23C[C@H]4C[C@@H](CC(O)(C4)C2)C3)CC1. The third-order valence-electron chi connectivity index (χ3n) is 7.07. The molecule has 6 rings (SSSR count). The molecule has 2 heterocycles. The van der Waals surface area contributed by atoms with Crippen molar-refractivity contribution in [1.82, 2.24) is 9.80 Å². The topological polar surface area (TPSA) is 74.0 Å². The van der Waals surface area contributed by atoms with Gasteiger partial charge in [0, 0.05) is 26.2 Å². The highest BCUT2D eigenvalue weighted by atomic mass is 16.3. The van der Waals surface area contributed by atoms with E-state index in [1.807, 2.05) is 4.90 Å². The number of hydrogen-bond acceptors (Lipinski definition) is 4. The zero-order chi connectivity index (χ0) is 17.9. The van der Waals surface area contributed by atoms with E-state index in [1.54, 1.807) is 17.0 Å². The van der Waals surface area contributed by atoms with Crippen LogP contribution in [0.15, 0.2) is 22.8 Å². The highest BCUT2D eigenvalue weighted by molar-refractivity contribution is 5.91. The van der Waals surface area contributed by atoms with Crippen molar-refractivity contribution < 1.29 is 19.1 Å². The summed E-state index contributed by atoms with van der Waals surface area (Å²) in [5.74, 6) is 1.48. The van der Waals surface area contributed by atoms with Crippen molar-refractivity contribution in [2.45, 2.75) is 44.1 Å². The van der Waals surface area contributed by atoms with Gasteiger partial charge in [0.2, 0.25) is 5.91 Å². The first kappa shape index (κ1) is 16.4. The van der Waals surface area contributed by atoms with E-state index < -0.39 is 5.60 Å². The molecule has 1 aromatic heterocycles. The van der Waals surface area contributed by atoms with E-state index in [4.69, 9.17) is 4.42 Å². The Labute approximate surface area is 153 Å². The summed E-state index contributed by atoms with van der Waals surface area (Å²) in [5.41, 5.74) is -0.969. The Kier molecular flexibility index (Phi) is 3.52. The molecule has 2 atom stereocenters. The second-order valence-corrected chi connectivity index (χ2v) is 9.03. The lowest BCUT2D eigenvalue weighted by molar-refractivity contribution is -0.186.